The molecule has 0 atom stereocenters. The van der Waals surface area contributed by atoms with Crippen LogP contribution in [-0.4, -0.2) is 11.1 Å². The molecule has 1 aromatic heterocycles. The lowest BCUT2D eigenvalue weighted by Gasteiger charge is -2.06. The summed E-state index contributed by atoms with van der Waals surface area (Å²) in [5.41, 5.74) is 1.30. The van der Waals surface area contributed by atoms with Gasteiger partial charge in [0.2, 0.25) is 0 Å². The summed E-state index contributed by atoms with van der Waals surface area (Å²) in [6.45, 7) is 0.353. The van der Waals surface area contributed by atoms with Crippen molar-refractivity contribution in [1.29, 1.82) is 0 Å². The van der Waals surface area contributed by atoms with E-state index in [4.69, 9.17) is 5.11 Å². The highest BCUT2D eigenvalue weighted by molar-refractivity contribution is 9.10. The maximum Gasteiger partial charge on any atom is 0.346 e. The van der Waals surface area contributed by atoms with E-state index in [1.54, 1.807) is 23.6 Å². The van der Waals surface area contributed by atoms with Crippen LogP contribution in [-0.2, 0) is 6.54 Å². The predicted octanol–water partition coefficient (Wildman–Crippen LogP) is 3.96. The molecule has 94 valence electrons. The van der Waals surface area contributed by atoms with Gasteiger partial charge in [0.25, 0.3) is 0 Å². The van der Waals surface area contributed by atoms with E-state index in [0.29, 0.717) is 27.1 Å². The summed E-state index contributed by atoms with van der Waals surface area (Å²) in [4.78, 5) is 11.2. The first-order chi connectivity index (χ1) is 8.58. The van der Waals surface area contributed by atoms with Crippen LogP contribution in [0.5, 0.6) is 0 Å². The lowest BCUT2D eigenvalue weighted by molar-refractivity contribution is 0.0701. The lowest BCUT2D eigenvalue weighted by atomic mass is 10.2. The van der Waals surface area contributed by atoms with E-state index >= 15 is 0 Å². The average molecular weight is 330 g/mol. The van der Waals surface area contributed by atoms with Crippen molar-refractivity contribution in [1.82, 2.24) is 0 Å². The van der Waals surface area contributed by atoms with E-state index in [9.17, 15) is 9.18 Å². The van der Waals surface area contributed by atoms with Crippen LogP contribution < -0.4 is 5.32 Å². The number of hydrogen-bond donors (Lipinski definition) is 2. The molecule has 0 unspecified atom stereocenters. The maximum absolute atomic E-state index is 13.3. The fourth-order valence-corrected chi connectivity index (χ4v) is 2.47. The number of carbonyl (C=O) groups is 1. The van der Waals surface area contributed by atoms with Gasteiger partial charge in [0.1, 0.15) is 10.7 Å². The monoisotopic (exact) mass is 329 g/mol. The minimum atomic E-state index is -0.941. The molecule has 0 aliphatic carbocycles. The normalized spacial score (nSPS) is 10.3. The molecule has 18 heavy (non-hydrogen) atoms. The third-order valence-electron chi connectivity index (χ3n) is 2.34. The van der Waals surface area contributed by atoms with Gasteiger partial charge >= 0.3 is 5.97 Å². The Bertz CT molecular complexity index is 585. The van der Waals surface area contributed by atoms with Gasteiger partial charge in [-0.25, -0.2) is 9.18 Å². The Morgan fingerprint density at radius 3 is 2.89 bits per heavy atom. The molecule has 2 N–H and O–H groups in total. The average Bonchev–Trinajstić information content (AvgIpc) is 2.79. The van der Waals surface area contributed by atoms with E-state index in [2.05, 4.69) is 21.2 Å². The van der Waals surface area contributed by atoms with Crippen molar-refractivity contribution in [3.63, 3.8) is 0 Å². The van der Waals surface area contributed by atoms with Crippen LogP contribution in [0.3, 0.4) is 0 Å². The first-order valence-electron chi connectivity index (χ1n) is 5.06. The van der Waals surface area contributed by atoms with Crippen molar-refractivity contribution in [2.75, 3.05) is 5.32 Å². The summed E-state index contributed by atoms with van der Waals surface area (Å²) < 4.78 is 13.7. The van der Waals surface area contributed by atoms with Gasteiger partial charge in [-0.3, -0.25) is 0 Å². The van der Waals surface area contributed by atoms with Crippen LogP contribution in [0, 0.1) is 5.82 Å². The van der Waals surface area contributed by atoms with Crippen molar-refractivity contribution in [3.05, 3.63) is 50.4 Å². The molecule has 1 aromatic carbocycles. The Hall–Kier alpha value is -1.40. The van der Waals surface area contributed by atoms with Gasteiger partial charge in [0.15, 0.2) is 0 Å². The minimum Gasteiger partial charge on any atom is -0.477 e. The second kappa shape index (κ2) is 5.49. The van der Waals surface area contributed by atoms with Crippen LogP contribution >= 0.6 is 27.3 Å². The zero-order valence-electron chi connectivity index (χ0n) is 9.11. The largest absolute Gasteiger partial charge is 0.477 e. The van der Waals surface area contributed by atoms with Crippen LogP contribution in [0.1, 0.15) is 15.2 Å². The molecule has 0 spiro atoms. The van der Waals surface area contributed by atoms with E-state index in [-0.39, 0.29) is 5.82 Å². The molecule has 0 aliphatic rings. The number of rotatable bonds is 4. The fourth-order valence-electron chi connectivity index (χ4n) is 1.47. The van der Waals surface area contributed by atoms with Crippen molar-refractivity contribution in [2.45, 2.75) is 6.54 Å². The first-order valence-corrected chi connectivity index (χ1v) is 6.74. The second-order valence-electron chi connectivity index (χ2n) is 3.56. The van der Waals surface area contributed by atoms with Crippen LogP contribution in [0.15, 0.2) is 34.1 Å². The molecule has 0 aliphatic heterocycles. The number of anilines is 1. The SMILES string of the molecule is O=C(O)c1sccc1CNc1ccc(Br)c(F)c1. The summed E-state index contributed by atoms with van der Waals surface area (Å²) in [5.74, 6) is -1.30. The van der Waals surface area contributed by atoms with Crippen molar-refractivity contribution < 1.29 is 14.3 Å². The lowest BCUT2D eigenvalue weighted by Crippen LogP contribution is -2.04. The molecule has 0 fully saturated rings. The molecule has 0 amide bonds. The molecule has 0 saturated heterocycles. The quantitative estimate of drug-likeness (QED) is 0.892. The van der Waals surface area contributed by atoms with Gasteiger partial charge in [-0.15, -0.1) is 11.3 Å². The standard InChI is InChI=1S/C12H9BrFNO2S/c13-9-2-1-8(5-10(9)14)15-6-7-3-4-18-11(7)12(16)17/h1-5,15H,6H2,(H,16,17). The van der Waals surface area contributed by atoms with Gasteiger partial charge in [-0.05, 0) is 51.1 Å². The number of thiophene rings is 1. The van der Waals surface area contributed by atoms with Gasteiger partial charge < -0.3 is 10.4 Å². The highest BCUT2D eigenvalue weighted by Gasteiger charge is 2.11. The van der Waals surface area contributed by atoms with E-state index in [0.717, 1.165) is 0 Å². The minimum absolute atomic E-state index is 0.306. The van der Waals surface area contributed by atoms with Crippen LogP contribution in [0.4, 0.5) is 10.1 Å². The first kappa shape index (κ1) is 13.0. The predicted molar refractivity (Wildman–Crippen MR) is 72.7 cm³/mol. The zero-order chi connectivity index (χ0) is 13.1. The Kier molecular flexibility index (Phi) is 3.98. The van der Waals surface area contributed by atoms with Crippen molar-refractivity contribution >= 4 is 38.9 Å². The summed E-state index contributed by atoms with van der Waals surface area (Å²) >= 11 is 4.25. The zero-order valence-corrected chi connectivity index (χ0v) is 11.5. The number of halogens is 2. The molecular weight excluding hydrogens is 321 g/mol. The third-order valence-corrected chi connectivity index (χ3v) is 3.93. The molecule has 3 nitrogen and oxygen atoms in total. The number of nitrogens with one attached hydrogen (secondary N) is 1. The van der Waals surface area contributed by atoms with Crippen LogP contribution in [0.25, 0.3) is 0 Å². The highest BCUT2D eigenvalue weighted by Crippen LogP contribution is 2.21. The van der Waals surface area contributed by atoms with Gasteiger partial charge in [0.05, 0.1) is 4.47 Å². The summed E-state index contributed by atoms with van der Waals surface area (Å²) in [5, 5.41) is 13.7. The topological polar surface area (TPSA) is 49.3 Å². The van der Waals surface area contributed by atoms with Gasteiger partial charge in [-0.2, -0.15) is 0 Å². The maximum atomic E-state index is 13.3. The highest BCUT2D eigenvalue weighted by atomic mass is 79.9. The summed E-state index contributed by atoms with van der Waals surface area (Å²) in [6.07, 6.45) is 0. The van der Waals surface area contributed by atoms with E-state index in [1.807, 2.05) is 0 Å². The van der Waals surface area contributed by atoms with E-state index < -0.39 is 5.97 Å². The third kappa shape index (κ3) is 2.88. The molecule has 0 bridgehead atoms. The van der Waals surface area contributed by atoms with Gasteiger partial charge in [-0.1, -0.05) is 0 Å². The molecule has 1 heterocycles. The number of carboxylic acids is 1. The summed E-state index contributed by atoms with van der Waals surface area (Å²) in [7, 11) is 0. The summed E-state index contributed by atoms with van der Waals surface area (Å²) in [6, 6.07) is 6.43. The van der Waals surface area contributed by atoms with Crippen molar-refractivity contribution in [3.8, 4) is 0 Å². The molecule has 0 radical (unpaired) electrons. The Morgan fingerprint density at radius 1 is 1.44 bits per heavy atom. The Morgan fingerprint density at radius 2 is 2.22 bits per heavy atom. The molecule has 0 saturated carbocycles. The number of carboxylic acid groups (broad SMARTS) is 1. The van der Waals surface area contributed by atoms with Crippen molar-refractivity contribution in [2.24, 2.45) is 0 Å². The van der Waals surface area contributed by atoms with E-state index in [1.165, 1.54) is 17.4 Å². The number of aromatic carboxylic acids is 1. The van der Waals surface area contributed by atoms with Gasteiger partial charge in [0, 0.05) is 12.2 Å². The smallest absolute Gasteiger partial charge is 0.346 e. The molecule has 6 heteroatoms. The second-order valence-corrected chi connectivity index (χ2v) is 5.33. The number of hydrogen-bond acceptors (Lipinski definition) is 3. The molecule has 2 aromatic rings. The number of benzene rings is 1. The Labute approximate surface area is 115 Å². The molecule has 2 rings (SSSR count). The molecular formula is C12H9BrFNO2S. The fraction of sp³-hybridized carbons (Fsp3) is 0.0833. The Balaban J connectivity index is 2.09. The van der Waals surface area contributed by atoms with Crippen LogP contribution in [0.2, 0.25) is 0 Å².